The molecule has 0 aliphatic carbocycles. The first-order valence-corrected chi connectivity index (χ1v) is 4.85. The Balaban J connectivity index is 2.87. The van der Waals surface area contributed by atoms with Gasteiger partial charge in [-0.25, -0.2) is 4.79 Å². The first-order valence-electron chi connectivity index (χ1n) is 4.85. The van der Waals surface area contributed by atoms with Gasteiger partial charge < -0.3 is 15.9 Å². The van der Waals surface area contributed by atoms with E-state index in [9.17, 15) is 4.79 Å². The van der Waals surface area contributed by atoms with Gasteiger partial charge in [-0.05, 0) is 24.5 Å². The van der Waals surface area contributed by atoms with Crippen molar-refractivity contribution in [3.05, 3.63) is 35.4 Å². The Morgan fingerprint density at radius 1 is 1.40 bits per heavy atom. The van der Waals surface area contributed by atoms with Crippen LogP contribution in [0.2, 0.25) is 0 Å². The van der Waals surface area contributed by atoms with Gasteiger partial charge in [-0.15, -0.1) is 0 Å². The Morgan fingerprint density at radius 2 is 2.07 bits per heavy atom. The third kappa shape index (κ3) is 3.04. The molecule has 1 aromatic rings. The average Bonchev–Trinajstić information content (AvgIpc) is 2.25. The van der Waals surface area contributed by atoms with Crippen molar-refractivity contribution in [1.29, 1.82) is 0 Å². The molecule has 0 amide bonds. The fraction of sp³-hybridized carbons (Fsp3) is 0.364. The fourth-order valence-electron chi connectivity index (χ4n) is 1.48. The summed E-state index contributed by atoms with van der Waals surface area (Å²) in [5, 5.41) is 17.6. The summed E-state index contributed by atoms with van der Waals surface area (Å²) in [6.45, 7) is 0.0724. The Bertz CT molecular complexity index is 338. The molecule has 0 spiro atoms. The van der Waals surface area contributed by atoms with Crippen LogP contribution >= 0.6 is 0 Å². The van der Waals surface area contributed by atoms with Crippen LogP contribution in [0.25, 0.3) is 0 Å². The number of aliphatic hydroxyl groups is 1. The van der Waals surface area contributed by atoms with E-state index in [2.05, 4.69) is 0 Å². The van der Waals surface area contributed by atoms with Gasteiger partial charge in [0.2, 0.25) is 0 Å². The van der Waals surface area contributed by atoms with Crippen molar-refractivity contribution in [2.45, 2.75) is 18.9 Å². The third-order valence-corrected chi connectivity index (χ3v) is 2.26. The van der Waals surface area contributed by atoms with Crippen LogP contribution in [0.3, 0.4) is 0 Å². The Morgan fingerprint density at radius 3 is 2.67 bits per heavy atom. The molecule has 0 bridgehead atoms. The van der Waals surface area contributed by atoms with Gasteiger partial charge in [0.05, 0.1) is 5.56 Å². The van der Waals surface area contributed by atoms with Crippen molar-refractivity contribution in [1.82, 2.24) is 0 Å². The molecule has 0 aliphatic rings. The smallest absolute Gasteiger partial charge is 0.336 e. The van der Waals surface area contributed by atoms with Crippen LogP contribution in [0.1, 0.15) is 34.8 Å². The van der Waals surface area contributed by atoms with Crippen molar-refractivity contribution in [2.24, 2.45) is 5.73 Å². The molecule has 4 N–H and O–H groups in total. The maximum atomic E-state index is 10.9. The SMILES string of the molecule is N[C@@H](CCCO)c1ccccc1C(=O)O. The fourth-order valence-corrected chi connectivity index (χ4v) is 1.48. The zero-order chi connectivity index (χ0) is 11.3. The van der Waals surface area contributed by atoms with Crippen LogP contribution in [-0.4, -0.2) is 22.8 Å². The second kappa shape index (κ2) is 5.48. The quantitative estimate of drug-likeness (QED) is 0.679. The van der Waals surface area contributed by atoms with E-state index in [1.54, 1.807) is 18.2 Å². The zero-order valence-corrected chi connectivity index (χ0v) is 8.39. The molecule has 0 fully saturated rings. The molecule has 0 saturated heterocycles. The first kappa shape index (κ1) is 11.7. The number of rotatable bonds is 5. The number of hydrogen-bond donors (Lipinski definition) is 3. The van der Waals surface area contributed by atoms with E-state index in [4.69, 9.17) is 15.9 Å². The minimum Gasteiger partial charge on any atom is -0.478 e. The van der Waals surface area contributed by atoms with Gasteiger partial charge in [0, 0.05) is 12.6 Å². The van der Waals surface area contributed by atoms with E-state index in [-0.39, 0.29) is 18.2 Å². The number of hydrogen-bond acceptors (Lipinski definition) is 3. The minimum absolute atomic E-state index is 0.0724. The predicted octanol–water partition coefficient (Wildman–Crippen LogP) is 1.16. The molecule has 4 heteroatoms. The number of aromatic carboxylic acids is 1. The van der Waals surface area contributed by atoms with Gasteiger partial charge in [-0.2, -0.15) is 0 Å². The van der Waals surface area contributed by atoms with Crippen molar-refractivity contribution < 1.29 is 15.0 Å². The minimum atomic E-state index is -0.968. The molecule has 0 heterocycles. The first-order chi connectivity index (χ1) is 7.16. The highest BCUT2D eigenvalue weighted by molar-refractivity contribution is 5.89. The third-order valence-electron chi connectivity index (χ3n) is 2.26. The number of carboxylic acid groups (broad SMARTS) is 1. The molecule has 0 unspecified atom stereocenters. The highest BCUT2D eigenvalue weighted by atomic mass is 16.4. The normalized spacial score (nSPS) is 12.4. The summed E-state index contributed by atoms with van der Waals surface area (Å²) in [5.74, 6) is -0.968. The van der Waals surface area contributed by atoms with Gasteiger partial charge in [-0.3, -0.25) is 0 Å². The lowest BCUT2D eigenvalue weighted by Gasteiger charge is -2.13. The molecule has 82 valence electrons. The summed E-state index contributed by atoms with van der Waals surface area (Å²) in [5.41, 5.74) is 6.71. The topological polar surface area (TPSA) is 83.5 Å². The lowest BCUT2D eigenvalue weighted by Crippen LogP contribution is -2.15. The lowest BCUT2D eigenvalue weighted by atomic mass is 9.98. The highest BCUT2D eigenvalue weighted by Crippen LogP contribution is 2.19. The van der Waals surface area contributed by atoms with Gasteiger partial charge in [0.15, 0.2) is 0 Å². The second-order valence-electron chi connectivity index (χ2n) is 3.36. The van der Waals surface area contributed by atoms with Crippen molar-refractivity contribution >= 4 is 5.97 Å². The molecule has 1 aromatic carbocycles. The summed E-state index contributed by atoms with van der Waals surface area (Å²) < 4.78 is 0. The highest BCUT2D eigenvalue weighted by Gasteiger charge is 2.14. The van der Waals surface area contributed by atoms with E-state index in [1.165, 1.54) is 6.07 Å². The van der Waals surface area contributed by atoms with Crippen LogP contribution < -0.4 is 5.73 Å². The maximum Gasteiger partial charge on any atom is 0.336 e. The van der Waals surface area contributed by atoms with Crippen molar-refractivity contribution in [3.8, 4) is 0 Å². The molecule has 0 aromatic heterocycles. The average molecular weight is 209 g/mol. The van der Waals surface area contributed by atoms with E-state index in [0.29, 0.717) is 18.4 Å². The summed E-state index contributed by atoms with van der Waals surface area (Å²) in [6.07, 6.45) is 1.16. The number of nitrogens with two attached hydrogens (primary N) is 1. The van der Waals surface area contributed by atoms with E-state index in [0.717, 1.165) is 0 Å². The molecule has 4 nitrogen and oxygen atoms in total. The molecular formula is C11H15NO3. The Kier molecular flexibility index (Phi) is 4.27. The van der Waals surface area contributed by atoms with Crippen molar-refractivity contribution in [3.63, 3.8) is 0 Å². The lowest BCUT2D eigenvalue weighted by molar-refractivity contribution is 0.0695. The Labute approximate surface area is 88.3 Å². The maximum absolute atomic E-state index is 10.9. The molecular weight excluding hydrogens is 194 g/mol. The van der Waals surface area contributed by atoms with Gasteiger partial charge in [0.1, 0.15) is 0 Å². The largest absolute Gasteiger partial charge is 0.478 e. The number of benzene rings is 1. The molecule has 1 rings (SSSR count). The monoisotopic (exact) mass is 209 g/mol. The summed E-state index contributed by atoms with van der Waals surface area (Å²) in [7, 11) is 0. The molecule has 0 saturated carbocycles. The van der Waals surface area contributed by atoms with Crippen LogP contribution in [0.4, 0.5) is 0 Å². The van der Waals surface area contributed by atoms with E-state index in [1.807, 2.05) is 0 Å². The van der Waals surface area contributed by atoms with Crippen LogP contribution in [0.15, 0.2) is 24.3 Å². The second-order valence-corrected chi connectivity index (χ2v) is 3.36. The number of aliphatic hydroxyl groups excluding tert-OH is 1. The van der Waals surface area contributed by atoms with E-state index < -0.39 is 5.97 Å². The predicted molar refractivity (Wildman–Crippen MR) is 56.6 cm³/mol. The van der Waals surface area contributed by atoms with Gasteiger partial charge in [-0.1, -0.05) is 18.2 Å². The molecule has 15 heavy (non-hydrogen) atoms. The van der Waals surface area contributed by atoms with E-state index >= 15 is 0 Å². The van der Waals surface area contributed by atoms with Gasteiger partial charge >= 0.3 is 5.97 Å². The summed E-state index contributed by atoms with van der Waals surface area (Å²) in [6, 6.07) is 6.36. The van der Waals surface area contributed by atoms with Crippen molar-refractivity contribution in [2.75, 3.05) is 6.61 Å². The molecule has 0 radical (unpaired) electrons. The summed E-state index contributed by atoms with van der Waals surface area (Å²) in [4.78, 5) is 10.9. The Hall–Kier alpha value is -1.39. The standard InChI is InChI=1S/C11H15NO3/c12-10(6-3-7-13)8-4-1-2-5-9(8)11(14)15/h1-2,4-5,10,13H,3,6-7,12H2,(H,14,15)/t10-/m0/s1. The zero-order valence-electron chi connectivity index (χ0n) is 8.39. The van der Waals surface area contributed by atoms with Crippen LogP contribution in [0.5, 0.6) is 0 Å². The number of carbonyl (C=O) groups is 1. The summed E-state index contributed by atoms with van der Waals surface area (Å²) >= 11 is 0. The van der Waals surface area contributed by atoms with Crippen LogP contribution in [0, 0.1) is 0 Å². The van der Waals surface area contributed by atoms with Gasteiger partial charge in [0.25, 0.3) is 0 Å². The van der Waals surface area contributed by atoms with Crippen LogP contribution in [-0.2, 0) is 0 Å². The molecule has 1 atom stereocenters. The number of carboxylic acids is 1. The molecule has 0 aliphatic heterocycles.